The van der Waals surface area contributed by atoms with Gasteiger partial charge in [0.15, 0.2) is 0 Å². The van der Waals surface area contributed by atoms with Crippen molar-refractivity contribution in [3.05, 3.63) is 53.9 Å². The van der Waals surface area contributed by atoms with Crippen molar-refractivity contribution in [3.63, 3.8) is 0 Å². The number of carbonyl (C=O) groups is 1. The quantitative estimate of drug-likeness (QED) is 0.546. The highest BCUT2D eigenvalue weighted by Crippen LogP contribution is 2.25. The SMILES string of the molecule is COc1ccc(CNC(=O)CCc2nc3cc(S(=O)(=O)N4CCCCC4)ccc3n2C)cc1. The summed E-state index contributed by atoms with van der Waals surface area (Å²) < 4.78 is 34.6. The number of aryl methyl sites for hydroxylation is 2. The zero-order chi connectivity index (χ0) is 23.4. The number of hydrogen-bond acceptors (Lipinski definition) is 5. The molecule has 1 N–H and O–H groups in total. The van der Waals surface area contributed by atoms with Crippen LogP contribution in [0.5, 0.6) is 5.75 Å². The molecule has 0 spiro atoms. The standard InChI is InChI=1S/C24H30N4O4S/c1-27-22-11-10-20(33(30,31)28-14-4-3-5-15-28)16-21(22)26-23(27)12-13-24(29)25-17-18-6-8-19(32-2)9-7-18/h6-11,16H,3-5,12-15,17H2,1-2H3,(H,25,29). The maximum absolute atomic E-state index is 13.0. The molecule has 3 aromatic rings. The molecule has 2 heterocycles. The first-order chi connectivity index (χ1) is 15.9. The molecule has 2 aromatic carbocycles. The van der Waals surface area contributed by atoms with Crippen LogP contribution in [-0.2, 0) is 34.8 Å². The third kappa shape index (κ3) is 5.20. The number of nitrogens with one attached hydrogen (secondary N) is 1. The molecule has 1 fully saturated rings. The van der Waals surface area contributed by atoms with E-state index in [1.54, 1.807) is 29.6 Å². The van der Waals surface area contributed by atoms with E-state index < -0.39 is 10.0 Å². The van der Waals surface area contributed by atoms with Crippen molar-refractivity contribution in [1.29, 1.82) is 0 Å². The number of sulfonamides is 1. The lowest BCUT2D eigenvalue weighted by Crippen LogP contribution is -2.35. The normalized spacial score (nSPS) is 15.0. The lowest BCUT2D eigenvalue weighted by Gasteiger charge is -2.25. The van der Waals surface area contributed by atoms with Crippen molar-refractivity contribution < 1.29 is 17.9 Å². The second-order valence-corrected chi connectivity index (χ2v) is 10.3. The van der Waals surface area contributed by atoms with E-state index in [2.05, 4.69) is 10.3 Å². The van der Waals surface area contributed by atoms with Gasteiger partial charge in [-0.1, -0.05) is 18.6 Å². The Kier molecular flexibility index (Phi) is 6.99. The van der Waals surface area contributed by atoms with Gasteiger partial charge in [0.25, 0.3) is 0 Å². The Hall–Kier alpha value is -2.91. The molecule has 33 heavy (non-hydrogen) atoms. The monoisotopic (exact) mass is 470 g/mol. The summed E-state index contributed by atoms with van der Waals surface area (Å²) in [5.41, 5.74) is 2.47. The number of carbonyl (C=O) groups excluding carboxylic acids is 1. The average molecular weight is 471 g/mol. The first-order valence-corrected chi connectivity index (χ1v) is 12.7. The topological polar surface area (TPSA) is 93.5 Å². The van der Waals surface area contributed by atoms with Gasteiger partial charge in [-0.25, -0.2) is 13.4 Å². The highest BCUT2D eigenvalue weighted by atomic mass is 32.2. The Morgan fingerprint density at radius 2 is 1.82 bits per heavy atom. The minimum atomic E-state index is -3.51. The smallest absolute Gasteiger partial charge is 0.243 e. The lowest BCUT2D eigenvalue weighted by molar-refractivity contribution is -0.121. The van der Waals surface area contributed by atoms with Crippen molar-refractivity contribution in [1.82, 2.24) is 19.2 Å². The molecule has 0 saturated carbocycles. The fourth-order valence-corrected chi connectivity index (χ4v) is 5.66. The number of piperidine rings is 1. The molecular formula is C24H30N4O4S. The van der Waals surface area contributed by atoms with Gasteiger partial charge in [-0.3, -0.25) is 4.79 Å². The highest BCUT2D eigenvalue weighted by Gasteiger charge is 2.26. The van der Waals surface area contributed by atoms with Crippen LogP contribution in [0.25, 0.3) is 11.0 Å². The van der Waals surface area contributed by atoms with Crippen LogP contribution >= 0.6 is 0 Å². The van der Waals surface area contributed by atoms with Gasteiger partial charge in [-0.15, -0.1) is 0 Å². The van der Waals surface area contributed by atoms with Crippen LogP contribution in [0, 0.1) is 0 Å². The Bertz CT molecular complexity index is 1230. The summed E-state index contributed by atoms with van der Waals surface area (Å²) in [6, 6.07) is 12.7. The molecule has 0 unspecified atom stereocenters. The number of ether oxygens (including phenoxy) is 1. The van der Waals surface area contributed by atoms with Gasteiger partial charge in [-0.05, 0) is 48.7 Å². The summed E-state index contributed by atoms with van der Waals surface area (Å²) in [7, 11) is -0.00397. The van der Waals surface area contributed by atoms with Gasteiger partial charge in [0, 0.05) is 39.5 Å². The molecule has 0 atom stereocenters. The second-order valence-electron chi connectivity index (χ2n) is 8.33. The number of hydrogen-bond donors (Lipinski definition) is 1. The van der Waals surface area contributed by atoms with Crippen LogP contribution in [0.1, 0.15) is 37.1 Å². The van der Waals surface area contributed by atoms with Crippen molar-refractivity contribution in [2.75, 3.05) is 20.2 Å². The number of benzene rings is 2. The molecule has 8 nitrogen and oxygen atoms in total. The molecule has 1 aliphatic heterocycles. The van der Waals surface area contributed by atoms with Crippen LogP contribution < -0.4 is 10.1 Å². The Morgan fingerprint density at radius 1 is 1.09 bits per heavy atom. The van der Waals surface area contributed by atoms with E-state index in [-0.39, 0.29) is 10.8 Å². The molecule has 9 heteroatoms. The molecule has 1 amide bonds. The molecule has 4 rings (SSSR count). The second kappa shape index (κ2) is 9.93. The number of rotatable bonds is 8. The van der Waals surface area contributed by atoms with E-state index in [0.29, 0.717) is 38.0 Å². The van der Waals surface area contributed by atoms with Gasteiger partial charge >= 0.3 is 0 Å². The van der Waals surface area contributed by atoms with Crippen molar-refractivity contribution in [2.45, 2.75) is 43.5 Å². The third-order valence-corrected chi connectivity index (χ3v) is 8.02. The zero-order valence-corrected chi connectivity index (χ0v) is 19.9. The molecule has 1 aliphatic rings. The van der Waals surface area contributed by atoms with E-state index in [4.69, 9.17) is 4.74 Å². The number of aromatic nitrogens is 2. The summed E-state index contributed by atoms with van der Waals surface area (Å²) in [4.78, 5) is 17.2. The molecule has 0 radical (unpaired) electrons. The van der Waals surface area contributed by atoms with E-state index >= 15 is 0 Å². The number of nitrogens with zero attached hydrogens (tertiary/aromatic N) is 3. The first-order valence-electron chi connectivity index (χ1n) is 11.2. The maximum atomic E-state index is 13.0. The van der Waals surface area contributed by atoms with Gasteiger partial charge in [0.1, 0.15) is 11.6 Å². The van der Waals surface area contributed by atoms with E-state index in [1.807, 2.05) is 35.9 Å². The summed E-state index contributed by atoms with van der Waals surface area (Å²) in [5, 5.41) is 2.92. The van der Waals surface area contributed by atoms with Crippen LogP contribution in [0.4, 0.5) is 0 Å². The van der Waals surface area contributed by atoms with E-state index in [1.165, 1.54) is 0 Å². The number of methoxy groups -OCH3 is 1. The molecule has 176 valence electrons. The summed E-state index contributed by atoms with van der Waals surface area (Å²) in [6.07, 6.45) is 3.63. The molecule has 1 aromatic heterocycles. The summed E-state index contributed by atoms with van der Waals surface area (Å²) in [5.74, 6) is 1.46. The van der Waals surface area contributed by atoms with Crippen molar-refractivity contribution in [2.24, 2.45) is 7.05 Å². The van der Waals surface area contributed by atoms with Crippen LogP contribution in [0.2, 0.25) is 0 Å². The highest BCUT2D eigenvalue weighted by molar-refractivity contribution is 7.89. The Morgan fingerprint density at radius 3 is 2.52 bits per heavy atom. The lowest BCUT2D eigenvalue weighted by atomic mass is 10.2. The molecular weight excluding hydrogens is 440 g/mol. The third-order valence-electron chi connectivity index (χ3n) is 6.12. The predicted molar refractivity (Wildman–Crippen MR) is 126 cm³/mol. The largest absolute Gasteiger partial charge is 0.497 e. The molecule has 1 saturated heterocycles. The number of imidazole rings is 1. The van der Waals surface area contributed by atoms with Gasteiger partial charge in [0.2, 0.25) is 15.9 Å². The minimum Gasteiger partial charge on any atom is -0.497 e. The van der Waals surface area contributed by atoms with Gasteiger partial charge in [0.05, 0.1) is 23.0 Å². The maximum Gasteiger partial charge on any atom is 0.243 e. The van der Waals surface area contributed by atoms with E-state index in [9.17, 15) is 13.2 Å². The first kappa shape index (κ1) is 23.3. The predicted octanol–water partition coefficient (Wildman–Crippen LogP) is 3.01. The number of amides is 1. The molecule has 0 bridgehead atoms. The minimum absolute atomic E-state index is 0.0637. The van der Waals surface area contributed by atoms with Crippen LogP contribution in [-0.4, -0.2) is 48.4 Å². The van der Waals surface area contributed by atoms with Crippen LogP contribution in [0.3, 0.4) is 0 Å². The summed E-state index contributed by atoms with van der Waals surface area (Å²) in [6.45, 7) is 1.59. The Labute approximate surface area is 194 Å². The zero-order valence-electron chi connectivity index (χ0n) is 19.1. The summed E-state index contributed by atoms with van der Waals surface area (Å²) >= 11 is 0. The number of fused-ring (bicyclic) bond motifs is 1. The van der Waals surface area contributed by atoms with Gasteiger partial charge < -0.3 is 14.6 Å². The fraction of sp³-hybridized carbons (Fsp3) is 0.417. The van der Waals surface area contributed by atoms with E-state index in [0.717, 1.165) is 41.9 Å². The average Bonchev–Trinajstić information content (AvgIpc) is 3.17. The van der Waals surface area contributed by atoms with Crippen molar-refractivity contribution in [3.8, 4) is 5.75 Å². The van der Waals surface area contributed by atoms with Crippen LogP contribution in [0.15, 0.2) is 47.4 Å². The van der Waals surface area contributed by atoms with Gasteiger partial charge in [-0.2, -0.15) is 4.31 Å². The fourth-order valence-electron chi connectivity index (χ4n) is 4.13. The van der Waals surface area contributed by atoms with Crippen molar-refractivity contribution >= 4 is 27.0 Å². The Balaban J connectivity index is 1.40. The molecule has 0 aliphatic carbocycles.